The van der Waals surface area contributed by atoms with Gasteiger partial charge < -0.3 is 5.11 Å². The maximum Gasteiger partial charge on any atom is 0.460 e. The second kappa shape index (κ2) is 6.03. The zero-order chi connectivity index (χ0) is 18.2. The number of hydrogen-bond donors (Lipinski definition) is 1. The number of likely N-dealkylation sites (N-methyl/N-ethyl adjacent to an activating group) is 1. The lowest BCUT2D eigenvalue weighted by atomic mass is 10.1. The fraction of sp³-hybridized carbons (Fsp3) is 1.00. The number of aliphatic hydroxyl groups excluding tert-OH is 1. The molecule has 0 aromatic rings. The van der Waals surface area contributed by atoms with Crippen LogP contribution in [0.5, 0.6) is 0 Å². The Morgan fingerprint density at radius 1 is 0.909 bits per heavy atom. The summed E-state index contributed by atoms with van der Waals surface area (Å²) < 4.78 is 136. The molecule has 0 aliphatic heterocycles. The zero-order valence-corrected chi connectivity index (χ0v) is 11.5. The van der Waals surface area contributed by atoms with Crippen LogP contribution in [-0.4, -0.2) is 60.8 Å². The molecule has 0 aliphatic carbocycles. The van der Waals surface area contributed by atoms with Gasteiger partial charge in [0.15, 0.2) is 0 Å². The first-order valence-electron chi connectivity index (χ1n) is 5.33. The van der Waals surface area contributed by atoms with Gasteiger partial charge in [-0.05, 0) is 0 Å². The molecule has 22 heavy (non-hydrogen) atoms. The summed E-state index contributed by atoms with van der Waals surface area (Å²) in [7, 11) is -6.60. The van der Waals surface area contributed by atoms with E-state index in [4.69, 9.17) is 5.11 Å². The van der Waals surface area contributed by atoms with E-state index in [9.17, 15) is 47.9 Å². The Bertz CT molecular complexity index is 488. The predicted octanol–water partition coefficient (Wildman–Crippen LogP) is 2.06. The van der Waals surface area contributed by atoms with Crippen LogP contribution in [0.4, 0.5) is 39.5 Å². The molecule has 134 valence electrons. The van der Waals surface area contributed by atoms with Gasteiger partial charge in [-0.25, -0.2) is 8.42 Å². The van der Waals surface area contributed by atoms with Crippen LogP contribution in [0.3, 0.4) is 0 Å². The van der Waals surface area contributed by atoms with Gasteiger partial charge in [-0.1, -0.05) is 6.92 Å². The van der Waals surface area contributed by atoms with E-state index in [0.717, 1.165) is 6.92 Å². The number of halogens is 9. The second-order valence-corrected chi connectivity index (χ2v) is 5.86. The molecule has 0 bridgehead atoms. The molecule has 0 radical (unpaired) electrons. The Hall–Kier alpha value is -0.760. The molecule has 0 heterocycles. The van der Waals surface area contributed by atoms with Crippen molar-refractivity contribution in [3.63, 3.8) is 0 Å². The largest absolute Gasteiger partial charge is 0.460 e. The molecular weight excluding hydrogens is 361 g/mol. The molecule has 0 aliphatic rings. The van der Waals surface area contributed by atoms with Crippen molar-refractivity contribution in [2.24, 2.45) is 0 Å². The number of nitrogens with zero attached hydrogens (tertiary/aromatic N) is 1. The Kier molecular flexibility index (Phi) is 5.82. The molecule has 0 unspecified atom stereocenters. The molecule has 14 heteroatoms. The first-order chi connectivity index (χ1) is 9.52. The van der Waals surface area contributed by atoms with E-state index < -0.39 is 57.3 Å². The summed E-state index contributed by atoms with van der Waals surface area (Å²) in [5, 5.41) is 1.66. The minimum absolute atomic E-state index is 0.534. The van der Waals surface area contributed by atoms with Gasteiger partial charge in [0, 0.05) is 13.1 Å². The maximum absolute atomic E-state index is 13.3. The standard InChI is InChI=1S/C8H10F9NO3S/c1-2-18(3-4-19)22(20,21)8(16,17)6(11,12)5(9,10)7(13,14)15/h19H,2-4H2,1H3. The molecule has 1 N–H and O–H groups in total. The van der Waals surface area contributed by atoms with Crippen LogP contribution in [0.25, 0.3) is 0 Å². The third kappa shape index (κ3) is 2.99. The van der Waals surface area contributed by atoms with Gasteiger partial charge in [0.05, 0.1) is 6.61 Å². The van der Waals surface area contributed by atoms with Crippen molar-refractivity contribution in [1.29, 1.82) is 0 Å². The maximum atomic E-state index is 13.3. The van der Waals surface area contributed by atoms with E-state index in [2.05, 4.69) is 0 Å². The van der Waals surface area contributed by atoms with Gasteiger partial charge in [-0.2, -0.15) is 43.8 Å². The fourth-order valence-electron chi connectivity index (χ4n) is 1.24. The van der Waals surface area contributed by atoms with E-state index in [1.54, 1.807) is 0 Å². The van der Waals surface area contributed by atoms with Crippen molar-refractivity contribution in [2.45, 2.75) is 30.2 Å². The van der Waals surface area contributed by atoms with Crippen molar-refractivity contribution in [1.82, 2.24) is 4.31 Å². The number of hydrogen-bond acceptors (Lipinski definition) is 3. The molecule has 0 saturated carbocycles. The topological polar surface area (TPSA) is 57.6 Å². The van der Waals surface area contributed by atoms with E-state index in [-0.39, 0.29) is 0 Å². The Balaban J connectivity index is 6.11. The first-order valence-corrected chi connectivity index (χ1v) is 6.77. The molecule has 0 amide bonds. The van der Waals surface area contributed by atoms with Gasteiger partial charge in [-0.3, -0.25) is 0 Å². The number of rotatable bonds is 7. The highest BCUT2D eigenvalue weighted by Gasteiger charge is 2.85. The third-order valence-electron chi connectivity index (χ3n) is 2.48. The van der Waals surface area contributed by atoms with Gasteiger partial charge >= 0.3 is 23.3 Å². The van der Waals surface area contributed by atoms with Crippen LogP contribution in [0.15, 0.2) is 0 Å². The minimum Gasteiger partial charge on any atom is -0.395 e. The predicted molar refractivity (Wildman–Crippen MR) is 54.1 cm³/mol. The summed E-state index contributed by atoms with van der Waals surface area (Å²) in [6.07, 6.45) is -7.11. The molecule has 0 aromatic heterocycles. The Labute approximate surface area is 118 Å². The average molecular weight is 371 g/mol. The fourth-order valence-corrected chi connectivity index (χ4v) is 2.68. The van der Waals surface area contributed by atoms with Crippen LogP contribution < -0.4 is 0 Å². The van der Waals surface area contributed by atoms with Gasteiger partial charge in [0.25, 0.3) is 10.0 Å². The SMILES string of the molecule is CCN(CCO)S(=O)(=O)C(F)(F)C(F)(F)C(F)(F)C(F)(F)F. The average Bonchev–Trinajstić information content (AvgIpc) is 2.33. The van der Waals surface area contributed by atoms with Gasteiger partial charge in [0.1, 0.15) is 0 Å². The summed E-state index contributed by atoms with van der Waals surface area (Å²) in [5.41, 5.74) is 0. The third-order valence-corrected chi connectivity index (χ3v) is 4.51. The van der Waals surface area contributed by atoms with Crippen molar-refractivity contribution in [2.75, 3.05) is 19.7 Å². The quantitative estimate of drug-likeness (QED) is 0.697. The molecular formula is C8H10F9NO3S. The van der Waals surface area contributed by atoms with Crippen molar-refractivity contribution in [3.05, 3.63) is 0 Å². The van der Waals surface area contributed by atoms with Crippen LogP contribution >= 0.6 is 0 Å². The zero-order valence-electron chi connectivity index (χ0n) is 10.6. The number of alkyl halides is 9. The lowest BCUT2D eigenvalue weighted by molar-refractivity contribution is -0.382. The second-order valence-electron chi connectivity index (χ2n) is 3.88. The van der Waals surface area contributed by atoms with Crippen LogP contribution in [-0.2, 0) is 10.0 Å². The number of sulfonamides is 1. The molecule has 0 atom stereocenters. The summed E-state index contributed by atoms with van der Waals surface area (Å²) in [4.78, 5) is 0. The normalized spacial score (nSPS) is 15.5. The summed E-state index contributed by atoms with van der Waals surface area (Å²) in [6, 6.07) is 0. The smallest absolute Gasteiger partial charge is 0.395 e. The molecule has 0 rings (SSSR count). The van der Waals surface area contributed by atoms with Crippen LogP contribution in [0, 0.1) is 0 Å². The van der Waals surface area contributed by atoms with E-state index in [0.29, 0.717) is 0 Å². The lowest BCUT2D eigenvalue weighted by Gasteiger charge is -2.35. The molecule has 0 fully saturated rings. The van der Waals surface area contributed by atoms with Crippen molar-refractivity contribution >= 4 is 10.0 Å². The van der Waals surface area contributed by atoms with E-state index in [1.807, 2.05) is 0 Å². The highest BCUT2D eigenvalue weighted by Crippen LogP contribution is 2.55. The molecule has 0 saturated heterocycles. The van der Waals surface area contributed by atoms with Gasteiger partial charge in [0.2, 0.25) is 0 Å². The molecule has 0 spiro atoms. The van der Waals surface area contributed by atoms with Crippen LogP contribution in [0.1, 0.15) is 6.92 Å². The monoisotopic (exact) mass is 371 g/mol. The highest BCUT2D eigenvalue weighted by atomic mass is 32.2. The molecule has 0 aromatic carbocycles. The highest BCUT2D eigenvalue weighted by molar-refractivity contribution is 7.90. The van der Waals surface area contributed by atoms with E-state index >= 15 is 0 Å². The lowest BCUT2D eigenvalue weighted by Crippen LogP contribution is -2.65. The van der Waals surface area contributed by atoms with Crippen LogP contribution in [0.2, 0.25) is 0 Å². The number of aliphatic hydroxyl groups is 1. The molecule has 4 nitrogen and oxygen atoms in total. The van der Waals surface area contributed by atoms with Crippen molar-refractivity contribution in [3.8, 4) is 0 Å². The van der Waals surface area contributed by atoms with E-state index in [1.165, 1.54) is 0 Å². The Morgan fingerprint density at radius 2 is 1.32 bits per heavy atom. The first kappa shape index (κ1) is 21.2. The summed E-state index contributed by atoms with van der Waals surface area (Å²) in [6.45, 7) is -2.48. The Morgan fingerprint density at radius 3 is 1.59 bits per heavy atom. The van der Waals surface area contributed by atoms with Crippen molar-refractivity contribution < 1.29 is 53.0 Å². The minimum atomic E-state index is -7.30. The summed E-state index contributed by atoms with van der Waals surface area (Å²) >= 11 is 0. The summed E-state index contributed by atoms with van der Waals surface area (Å²) in [5.74, 6) is -14.6. The van der Waals surface area contributed by atoms with Gasteiger partial charge in [-0.15, -0.1) is 0 Å².